The lowest BCUT2D eigenvalue weighted by atomic mass is 10.1. The Bertz CT molecular complexity index is 828. The fourth-order valence-corrected chi connectivity index (χ4v) is 3.77. The van der Waals surface area contributed by atoms with Crippen LogP contribution in [0.4, 0.5) is 0 Å². The molecule has 0 radical (unpaired) electrons. The Morgan fingerprint density at radius 3 is 2.62 bits per heavy atom. The van der Waals surface area contributed by atoms with Crippen LogP contribution in [0.3, 0.4) is 0 Å². The number of aromatic nitrogens is 1. The van der Waals surface area contributed by atoms with Crippen LogP contribution in [0.1, 0.15) is 30.0 Å². The maximum Gasteiger partial charge on any atom is 0.321 e. The molecule has 0 bridgehead atoms. The molecule has 130 valence electrons. The summed E-state index contributed by atoms with van der Waals surface area (Å²) in [4.78, 5) is 11.8. The molecule has 24 heavy (non-hydrogen) atoms. The van der Waals surface area contributed by atoms with Gasteiger partial charge in [-0.3, -0.25) is 4.79 Å². The Kier molecular flexibility index (Phi) is 5.63. The van der Waals surface area contributed by atoms with Crippen LogP contribution in [-0.2, 0) is 19.6 Å². The number of rotatable bonds is 6. The van der Waals surface area contributed by atoms with Crippen LogP contribution >= 0.6 is 11.6 Å². The molecule has 1 heterocycles. The zero-order valence-corrected chi connectivity index (χ0v) is 14.9. The number of hydrogen-bond donors (Lipinski definition) is 1. The number of esters is 1. The third kappa shape index (κ3) is 4.14. The summed E-state index contributed by atoms with van der Waals surface area (Å²) in [7, 11) is -3.92. The number of benzene rings is 1. The van der Waals surface area contributed by atoms with Gasteiger partial charge in [0, 0.05) is 10.6 Å². The molecule has 1 aromatic heterocycles. The van der Waals surface area contributed by atoms with Crippen molar-refractivity contribution >= 4 is 27.6 Å². The molecule has 2 rings (SSSR count). The predicted octanol–water partition coefficient (Wildman–Crippen LogP) is 2.53. The van der Waals surface area contributed by atoms with Gasteiger partial charge in [-0.1, -0.05) is 35.0 Å². The van der Waals surface area contributed by atoms with Gasteiger partial charge in [0.25, 0.3) is 0 Å². The number of carbonyl (C=O) groups is 1. The number of halogens is 1. The minimum absolute atomic E-state index is 0.0746. The van der Waals surface area contributed by atoms with Crippen molar-refractivity contribution in [3.63, 3.8) is 0 Å². The largest absolute Gasteiger partial charge is 0.457 e. The van der Waals surface area contributed by atoms with Crippen LogP contribution < -0.4 is 4.72 Å². The van der Waals surface area contributed by atoms with Crippen molar-refractivity contribution in [3.8, 4) is 0 Å². The van der Waals surface area contributed by atoms with E-state index in [0.717, 1.165) is 0 Å². The van der Waals surface area contributed by atoms with Gasteiger partial charge in [-0.05, 0) is 26.8 Å². The van der Waals surface area contributed by atoms with Gasteiger partial charge in [-0.25, -0.2) is 8.42 Å². The van der Waals surface area contributed by atoms with E-state index in [1.807, 2.05) is 0 Å². The monoisotopic (exact) mass is 372 g/mol. The lowest BCUT2D eigenvalue weighted by molar-refractivity contribution is -0.147. The van der Waals surface area contributed by atoms with Crippen LogP contribution in [0.2, 0.25) is 5.02 Å². The maximum absolute atomic E-state index is 12.2. The number of nitrogens with one attached hydrogen (secondary N) is 1. The molecule has 1 atom stereocenters. The van der Waals surface area contributed by atoms with Crippen molar-refractivity contribution in [1.82, 2.24) is 9.88 Å². The van der Waals surface area contributed by atoms with Gasteiger partial charge >= 0.3 is 5.97 Å². The Morgan fingerprint density at radius 2 is 2.04 bits per heavy atom. The van der Waals surface area contributed by atoms with Crippen LogP contribution in [0.15, 0.2) is 33.7 Å². The predicted molar refractivity (Wildman–Crippen MR) is 87.1 cm³/mol. The first-order valence-corrected chi connectivity index (χ1v) is 8.95. The van der Waals surface area contributed by atoms with E-state index in [1.165, 1.54) is 13.8 Å². The van der Waals surface area contributed by atoms with Gasteiger partial charge in [0.2, 0.25) is 10.0 Å². The first-order chi connectivity index (χ1) is 11.2. The lowest BCUT2D eigenvalue weighted by Gasteiger charge is -2.15. The number of ether oxygens (including phenoxy) is 1. The lowest BCUT2D eigenvalue weighted by Crippen LogP contribution is -2.31. The van der Waals surface area contributed by atoms with Crippen LogP contribution in [0, 0.1) is 13.8 Å². The van der Waals surface area contributed by atoms with Crippen LogP contribution in [0.25, 0.3) is 0 Å². The number of nitrogens with zero attached hydrogens (tertiary/aromatic N) is 1. The summed E-state index contributed by atoms with van der Waals surface area (Å²) < 4.78 is 36.6. The van der Waals surface area contributed by atoms with Crippen molar-refractivity contribution < 1.29 is 22.5 Å². The van der Waals surface area contributed by atoms with Crippen LogP contribution in [-0.4, -0.2) is 26.1 Å². The normalized spacial score (nSPS) is 12.8. The highest BCUT2D eigenvalue weighted by atomic mass is 35.5. The van der Waals surface area contributed by atoms with E-state index in [-0.39, 0.29) is 16.3 Å². The minimum Gasteiger partial charge on any atom is -0.457 e. The first kappa shape index (κ1) is 18.4. The van der Waals surface area contributed by atoms with Crippen molar-refractivity contribution in [1.29, 1.82) is 0 Å². The van der Waals surface area contributed by atoms with E-state index in [2.05, 4.69) is 9.88 Å². The summed E-state index contributed by atoms with van der Waals surface area (Å²) in [6, 6.07) is 6.94. The molecule has 0 aliphatic rings. The SMILES string of the molecule is Cc1noc(C)c1S(=O)(=O)NCC(=O)O[C@@H](C)c1ccccc1Cl. The van der Waals surface area contributed by atoms with E-state index in [9.17, 15) is 13.2 Å². The fraction of sp³-hybridized carbons (Fsp3) is 0.333. The average Bonchev–Trinajstić information content (AvgIpc) is 2.85. The second-order valence-corrected chi connectivity index (χ2v) is 7.24. The first-order valence-electron chi connectivity index (χ1n) is 7.09. The molecule has 9 heteroatoms. The highest BCUT2D eigenvalue weighted by Crippen LogP contribution is 2.25. The fourth-order valence-electron chi connectivity index (χ4n) is 2.19. The zero-order valence-electron chi connectivity index (χ0n) is 13.4. The summed E-state index contributed by atoms with van der Waals surface area (Å²) >= 11 is 6.03. The standard InChI is InChI=1S/C15H17ClN2O5S/c1-9-15(11(3)23-18-9)24(20,21)17-8-14(19)22-10(2)12-6-4-5-7-13(12)16/h4-7,10,17H,8H2,1-3H3/t10-/m0/s1. The van der Waals surface area contributed by atoms with Gasteiger partial charge in [0.05, 0.1) is 0 Å². The molecule has 0 aliphatic heterocycles. The maximum atomic E-state index is 12.2. The van der Waals surface area contributed by atoms with E-state index >= 15 is 0 Å². The highest BCUT2D eigenvalue weighted by Gasteiger charge is 2.25. The second-order valence-electron chi connectivity index (χ2n) is 5.13. The summed E-state index contributed by atoms with van der Waals surface area (Å²) in [6.45, 7) is 4.12. The van der Waals surface area contributed by atoms with Gasteiger partial charge in [0.15, 0.2) is 5.76 Å². The molecular formula is C15H17ClN2O5S. The van der Waals surface area contributed by atoms with E-state index in [1.54, 1.807) is 31.2 Å². The molecule has 2 aromatic rings. The van der Waals surface area contributed by atoms with Crippen molar-refractivity contribution in [2.24, 2.45) is 0 Å². The van der Waals surface area contributed by atoms with E-state index < -0.39 is 28.6 Å². The number of aryl methyl sites for hydroxylation is 2. The third-order valence-electron chi connectivity index (χ3n) is 3.29. The van der Waals surface area contributed by atoms with Crippen molar-refractivity contribution in [2.75, 3.05) is 6.54 Å². The molecule has 1 N–H and O–H groups in total. The molecule has 0 spiro atoms. The molecular weight excluding hydrogens is 356 g/mol. The molecule has 0 fully saturated rings. The number of carbonyl (C=O) groups excluding carboxylic acids is 1. The molecule has 0 aliphatic carbocycles. The zero-order chi connectivity index (χ0) is 17.9. The van der Waals surface area contributed by atoms with E-state index in [4.69, 9.17) is 20.9 Å². The Labute approximate surface area is 145 Å². The van der Waals surface area contributed by atoms with E-state index in [0.29, 0.717) is 10.6 Å². The minimum atomic E-state index is -3.92. The van der Waals surface area contributed by atoms with Gasteiger partial charge < -0.3 is 9.26 Å². The Balaban J connectivity index is 2.00. The molecule has 7 nitrogen and oxygen atoms in total. The van der Waals surface area contributed by atoms with Gasteiger partial charge in [0.1, 0.15) is 23.2 Å². The number of sulfonamides is 1. The quantitative estimate of drug-likeness (QED) is 0.782. The molecule has 1 aromatic carbocycles. The van der Waals surface area contributed by atoms with Gasteiger partial charge in [-0.2, -0.15) is 4.72 Å². The summed E-state index contributed by atoms with van der Waals surface area (Å²) in [6.07, 6.45) is -0.602. The molecule has 0 saturated carbocycles. The summed E-state index contributed by atoms with van der Waals surface area (Å²) in [5.41, 5.74) is 0.860. The van der Waals surface area contributed by atoms with Crippen molar-refractivity contribution in [2.45, 2.75) is 31.8 Å². The topological polar surface area (TPSA) is 98.5 Å². The molecule has 0 amide bonds. The number of hydrogen-bond acceptors (Lipinski definition) is 6. The Morgan fingerprint density at radius 1 is 1.38 bits per heavy atom. The highest BCUT2D eigenvalue weighted by molar-refractivity contribution is 7.89. The summed E-state index contributed by atoms with van der Waals surface area (Å²) in [5.74, 6) is -0.574. The summed E-state index contributed by atoms with van der Waals surface area (Å²) in [5, 5.41) is 4.05. The van der Waals surface area contributed by atoms with Crippen molar-refractivity contribution in [3.05, 3.63) is 46.3 Å². The molecule has 0 unspecified atom stereocenters. The average molecular weight is 373 g/mol. The third-order valence-corrected chi connectivity index (χ3v) is 5.28. The Hall–Kier alpha value is -1.90. The smallest absolute Gasteiger partial charge is 0.321 e. The second kappa shape index (κ2) is 7.33. The molecule has 0 saturated heterocycles. The van der Waals surface area contributed by atoms with Crippen LogP contribution in [0.5, 0.6) is 0 Å². The van der Waals surface area contributed by atoms with Gasteiger partial charge in [-0.15, -0.1) is 0 Å².